The highest BCUT2D eigenvalue weighted by molar-refractivity contribution is 5.94. The number of nitrogens with one attached hydrogen (secondary N) is 1. The number of fused-ring (bicyclic) bond motifs is 3. The van der Waals surface area contributed by atoms with Crippen LogP contribution >= 0.6 is 0 Å². The lowest BCUT2D eigenvalue weighted by atomic mass is 9.79. The highest BCUT2D eigenvalue weighted by atomic mass is 16.5. The normalized spacial score (nSPS) is 26.2. The van der Waals surface area contributed by atoms with Gasteiger partial charge in [-0.2, -0.15) is 5.26 Å². The second-order valence-corrected chi connectivity index (χ2v) is 7.24. The predicted molar refractivity (Wildman–Crippen MR) is 100 cm³/mol. The lowest BCUT2D eigenvalue weighted by Gasteiger charge is -2.49. The molecule has 2 aromatic rings. The maximum atomic E-state index is 12.7. The van der Waals surface area contributed by atoms with Gasteiger partial charge in [0.2, 0.25) is 5.88 Å². The Kier molecular flexibility index (Phi) is 4.78. The molecule has 0 spiro atoms. The van der Waals surface area contributed by atoms with Gasteiger partial charge >= 0.3 is 0 Å². The molecule has 3 aliphatic heterocycles. The van der Waals surface area contributed by atoms with Crippen LogP contribution in [0.3, 0.4) is 0 Å². The van der Waals surface area contributed by atoms with Crippen molar-refractivity contribution >= 4 is 5.91 Å². The van der Waals surface area contributed by atoms with E-state index in [0.29, 0.717) is 34.7 Å². The lowest BCUT2D eigenvalue weighted by molar-refractivity contribution is 0.0217. The Bertz CT molecular complexity index is 847. The quantitative estimate of drug-likeness (QED) is 0.905. The Morgan fingerprint density at radius 3 is 2.56 bits per heavy atom. The maximum absolute atomic E-state index is 12.7. The summed E-state index contributed by atoms with van der Waals surface area (Å²) in [6.45, 7) is 4.50. The molecule has 3 fully saturated rings. The Morgan fingerprint density at radius 2 is 1.96 bits per heavy atom. The number of aromatic nitrogens is 1. The molecule has 1 N–H and O–H groups in total. The summed E-state index contributed by atoms with van der Waals surface area (Å²) in [6.07, 6.45) is 3.80. The summed E-state index contributed by atoms with van der Waals surface area (Å²) in [4.78, 5) is 19.2. The van der Waals surface area contributed by atoms with Gasteiger partial charge < -0.3 is 10.1 Å². The van der Waals surface area contributed by atoms with Gasteiger partial charge in [-0.25, -0.2) is 4.98 Å². The van der Waals surface area contributed by atoms with Gasteiger partial charge in [-0.15, -0.1) is 0 Å². The van der Waals surface area contributed by atoms with Crippen molar-refractivity contribution < 1.29 is 9.53 Å². The number of rotatable bonds is 4. The third-order valence-electron chi connectivity index (χ3n) is 5.68. The predicted octanol–water partition coefficient (Wildman–Crippen LogP) is 2.96. The number of carbonyl (C=O) groups is 1. The van der Waals surface area contributed by atoms with Crippen molar-refractivity contribution in [2.24, 2.45) is 5.92 Å². The van der Waals surface area contributed by atoms with Crippen LogP contribution in [-0.4, -0.2) is 41.0 Å². The highest BCUT2D eigenvalue weighted by Crippen LogP contribution is 2.32. The van der Waals surface area contributed by atoms with Crippen molar-refractivity contribution in [3.63, 3.8) is 0 Å². The number of piperidine rings is 3. The molecule has 1 amide bonds. The summed E-state index contributed by atoms with van der Waals surface area (Å²) in [6, 6.07) is 13.0. The van der Waals surface area contributed by atoms with Gasteiger partial charge in [0.1, 0.15) is 11.8 Å². The molecular formula is C21H22N4O2. The molecule has 138 valence electrons. The molecule has 0 aliphatic carbocycles. The highest BCUT2D eigenvalue weighted by Gasteiger charge is 2.40. The zero-order valence-electron chi connectivity index (χ0n) is 15.3. The summed E-state index contributed by atoms with van der Waals surface area (Å²) in [7, 11) is 0. The summed E-state index contributed by atoms with van der Waals surface area (Å²) in [5, 5.41) is 12.0. The smallest absolute Gasteiger partial charge is 0.251 e. The van der Waals surface area contributed by atoms with Crippen LogP contribution in [-0.2, 0) is 0 Å². The Hall–Kier alpha value is -2.91. The average molecular weight is 362 g/mol. The summed E-state index contributed by atoms with van der Waals surface area (Å²) >= 11 is 0. The summed E-state index contributed by atoms with van der Waals surface area (Å²) in [5.74, 6) is 1.55. The first kappa shape index (κ1) is 17.5. The number of amides is 1. The van der Waals surface area contributed by atoms with Crippen LogP contribution < -0.4 is 10.1 Å². The first-order valence-corrected chi connectivity index (χ1v) is 9.33. The average Bonchev–Trinajstić information content (AvgIpc) is 2.72. The molecule has 0 unspecified atom stereocenters. The van der Waals surface area contributed by atoms with Crippen LogP contribution in [0, 0.1) is 17.2 Å². The van der Waals surface area contributed by atoms with E-state index < -0.39 is 0 Å². The topological polar surface area (TPSA) is 78.2 Å². The number of nitrogens with zero attached hydrogens (tertiary/aromatic N) is 3. The first-order valence-electron chi connectivity index (χ1n) is 9.33. The SMILES string of the molecule is C[C@@H]1[C@H](NC(=O)c2ccc(Oc3ccc(C#N)cn3)cc2)C2CCN1CC2. The van der Waals surface area contributed by atoms with E-state index in [1.54, 1.807) is 36.4 Å². The van der Waals surface area contributed by atoms with Gasteiger partial charge in [0.25, 0.3) is 5.91 Å². The van der Waals surface area contributed by atoms with Gasteiger partial charge in [0.05, 0.1) is 5.56 Å². The van der Waals surface area contributed by atoms with E-state index in [1.165, 1.54) is 19.0 Å². The van der Waals surface area contributed by atoms with Gasteiger partial charge in [0, 0.05) is 29.9 Å². The number of hydrogen-bond acceptors (Lipinski definition) is 5. The van der Waals surface area contributed by atoms with Gasteiger partial charge in [-0.1, -0.05) is 0 Å². The largest absolute Gasteiger partial charge is 0.439 e. The van der Waals surface area contributed by atoms with Gasteiger partial charge in [-0.05, 0) is 69.1 Å². The third-order valence-corrected chi connectivity index (χ3v) is 5.68. The minimum Gasteiger partial charge on any atom is -0.439 e. The number of benzene rings is 1. The van der Waals surface area contributed by atoms with E-state index in [-0.39, 0.29) is 11.9 Å². The molecular weight excluding hydrogens is 340 g/mol. The van der Waals surface area contributed by atoms with Crippen LogP contribution in [0.5, 0.6) is 11.6 Å². The van der Waals surface area contributed by atoms with E-state index in [9.17, 15) is 4.79 Å². The lowest BCUT2D eigenvalue weighted by Crippen LogP contribution is -2.62. The third kappa shape index (κ3) is 3.64. The monoisotopic (exact) mass is 362 g/mol. The second-order valence-electron chi connectivity index (χ2n) is 7.24. The molecule has 2 bridgehead atoms. The van der Waals surface area contributed by atoms with Crippen molar-refractivity contribution in [1.29, 1.82) is 5.26 Å². The molecule has 3 aliphatic rings. The number of hydrogen-bond donors (Lipinski definition) is 1. The Labute approximate surface area is 158 Å². The van der Waals surface area contributed by atoms with Crippen LogP contribution in [0.4, 0.5) is 0 Å². The van der Waals surface area contributed by atoms with E-state index in [1.807, 2.05) is 6.07 Å². The fourth-order valence-corrected chi connectivity index (χ4v) is 4.08. The molecule has 6 heteroatoms. The molecule has 6 nitrogen and oxygen atoms in total. The van der Waals surface area contributed by atoms with Crippen molar-refractivity contribution in [1.82, 2.24) is 15.2 Å². The minimum atomic E-state index is -0.0383. The molecule has 3 saturated heterocycles. The summed E-state index contributed by atoms with van der Waals surface area (Å²) < 4.78 is 5.66. The second kappa shape index (κ2) is 7.37. The van der Waals surface area contributed by atoms with Crippen LogP contribution in [0.15, 0.2) is 42.6 Å². The number of carbonyl (C=O) groups excluding carboxylic acids is 1. The molecule has 0 saturated carbocycles. The fourth-order valence-electron chi connectivity index (χ4n) is 4.08. The van der Waals surface area contributed by atoms with Crippen LogP contribution in [0.25, 0.3) is 0 Å². The first-order chi connectivity index (χ1) is 13.1. The Balaban J connectivity index is 1.39. The van der Waals surface area contributed by atoms with Crippen molar-refractivity contribution in [3.05, 3.63) is 53.7 Å². The summed E-state index contributed by atoms with van der Waals surface area (Å²) in [5.41, 5.74) is 1.11. The van der Waals surface area contributed by atoms with Gasteiger partial charge in [-0.3, -0.25) is 9.69 Å². The maximum Gasteiger partial charge on any atom is 0.251 e. The fraction of sp³-hybridized carbons (Fsp3) is 0.381. The molecule has 2 atom stereocenters. The number of pyridine rings is 1. The molecule has 0 radical (unpaired) electrons. The van der Waals surface area contributed by atoms with Gasteiger partial charge in [0.15, 0.2) is 0 Å². The van der Waals surface area contributed by atoms with Crippen molar-refractivity contribution in [3.8, 4) is 17.7 Å². The molecule has 1 aromatic carbocycles. The zero-order valence-corrected chi connectivity index (χ0v) is 15.3. The molecule has 5 rings (SSSR count). The number of ether oxygens (including phenoxy) is 1. The van der Waals surface area contributed by atoms with Crippen LogP contribution in [0.1, 0.15) is 35.7 Å². The Morgan fingerprint density at radius 1 is 1.22 bits per heavy atom. The van der Waals surface area contributed by atoms with Crippen LogP contribution in [0.2, 0.25) is 0 Å². The van der Waals surface area contributed by atoms with E-state index in [2.05, 4.69) is 22.1 Å². The molecule has 1 aromatic heterocycles. The van der Waals surface area contributed by atoms with Crippen molar-refractivity contribution in [2.75, 3.05) is 13.1 Å². The van der Waals surface area contributed by atoms with Crippen molar-refractivity contribution in [2.45, 2.75) is 31.8 Å². The van der Waals surface area contributed by atoms with E-state index >= 15 is 0 Å². The standard InChI is InChI=1S/C21H22N4O2/c1-14-20(16-8-10-25(14)11-9-16)24-21(26)17-3-5-18(6-4-17)27-19-7-2-15(12-22)13-23-19/h2-7,13-14,16,20H,8-11H2,1H3,(H,24,26)/t14-,20+/m1/s1. The van der Waals surface area contributed by atoms with E-state index in [4.69, 9.17) is 10.00 Å². The molecule has 4 heterocycles. The number of nitriles is 1. The van der Waals surface area contributed by atoms with E-state index in [0.717, 1.165) is 13.1 Å². The minimum absolute atomic E-state index is 0.0383. The zero-order chi connectivity index (χ0) is 18.8. The molecule has 27 heavy (non-hydrogen) atoms.